The summed E-state index contributed by atoms with van der Waals surface area (Å²) in [5, 5.41) is 10.9. The minimum absolute atomic E-state index is 0.0515. The Morgan fingerprint density at radius 2 is 1.26 bits per heavy atom. The smallest absolute Gasteiger partial charge is 0.427 e. The minimum Gasteiger partial charge on any atom is -0.427 e. The molecule has 4 N–H and O–H groups in total. The highest BCUT2D eigenvalue weighted by molar-refractivity contribution is 8.13. The number of hydrogen-bond acceptors (Lipinski definition) is 10. The summed E-state index contributed by atoms with van der Waals surface area (Å²) in [6, 6.07) is 19.5. The summed E-state index contributed by atoms with van der Waals surface area (Å²) >= 11 is 2.51. The van der Waals surface area contributed by atoms with Crippen LogP contribution in [-0.4, -0.2) is 33.8 Å². The lowest BCUT2D eigenvalue weighted by Crippen LogP contribution is -2.31. The van der Waals surface area contributed by atoms with Crippen LogP contribution in [0.1, 0.15) is 52.7 Å². The third kappa shape index (κ3) is 18.0. The Bertz CT molecular complexity index is 1040. The number of hydroxylamine groups is 1. The van der Waals surface area contributed by atoms with E-state index in [0.717, 1.165) is 11.3 Å². The van der Waals surface area contributed by atoms with Crippen LogP contribution in [0.15, 0.2) is 65.8 Å². The Balaban J connectivity index is 0.000000544. The fraction of sp³-hybridized carbons (Fsp3) is 0.385. The number of nitrogens with zero attached hydrogens (tertiary/aromatic N) is 1. The predicted molar refractivity (Wildman–Crippen MR) is 153 cm³/mol. The van der Waals surface area contributed by atoms with Gasteiger partial charge < -0.3 is 20.0 Å². The van der Waals surface area contributed by atoms with Crippen molar-refractivity contribution >= 4 is 46.2 Å². The van der Waals surface area contributed by atoms with Crippen molar-refractivity contribution in [1.29, 1.82) is 5.41 Å². The molecule has 0 heterocycles. The van der Waals surface area contributed by atoms with Gasteiger partial charge in [0.15, 0.2) is 5.17 Å². The first-order valence-corrected chi connectivity index (χ1v) is 13.5. The molecule has 12 heteroatoms. The van der Waals surface area contributed by atoms with Gasteiger partial charge in [0, 0.05) is 11.5 Å². The molecule has 0 fully saturated rings. The molecule has 0 radical (unpaired) electrons. The molecule has 10 nitrogen and oxygen atoms in total. The standard InChI is InChI=1S/C18H26N2O6S.C8H10N2S/c1-17(2,3)23-15(21)25-19-14(20-26-16(22)24-18(4,5)6)27-12-13-10-8-7-9-11-13;9-8(10)11-6-7-4-2-1-3-5-7/h7-11H,12H2,1-6H3,(H,19,20);1-5H,6H2,(H3,9,10). The quantitative estimate of drug-likeness (QED) is 0.122. The minimum atomic E-state index is -0.973. The van der Waals surface area contributed by atoms with E-state index in [9.17, 15) is 9.59 Å². The van der Waals surface area contributed by atoms with E-state index in [-0.39, 0.29) is 10.3 Å². The van der Waals surface area contributed by atoms with Crippen LogP contribution >= 0.6 is 23.5 Å². The van der Waals surface area contributed by atoms with Crippen molar-refractivity contribution in [2.45, 2.75) is 64.3 Å². The van der Waals surface area contributed by atoms with Gasteiger partial charge in [0.2, 0.25) is 5.17 Å². The van der Waals surface area contributed by atoms with Gasteiger partial charge in [-0.3, -0.25) is 10.2 Å². The second kappa shape index (κ2) is 16.5. The molecule has 38 heavy (non-hydrogen) atoms. The van der Waals surface area contributed by atoms with Gasteiger partial charge in [0.05, 0.1) is 0 Å². The lowest BCUT2D eigenvalue weighted by Gasteiger charge is -2.19. The first-order chi connectivity index (χ1) is 17.7. The average Bonchev–Trinajstić information content (AvgIpc) is 2.82. The first-order valence-electron chi connectivity index (χ1n) is 11.5. The molecule has 0 bridgehead atoms. The van der Waals surface area contributed by atoms with Gasteiger partial charge in [-0.1, -0.05) is 84.2 Å². The van der Waals surface area contributed by atoms with Crippen LogP contribution in [0.3, 0.4) is 0 Å². The lowest BCUT2D eigenvalue weighted by atomic mass is 10.2. The van der Waals surface area contributed by atoms with E-state index in [1.807, 2.05) is 60.7 Å². The maximum Gasteiger partial charge on any atom is 0.535 e. The van der Waals surface area contributed by atoms with Crippen molar-refractivity contribution in [2.24, 2.45) is 10.9 Å². The number of benzene rings is 2. The molecule has 208 valence electrons. The van der Waals surface area contributed by atoms with Gasteiger partial charge >= 0.3 is 12.3 Å². The molecular formula is C26H36N4O6S2. The zero-order valence-corrected chi connectivity index (χ0v) is 24.1. The summed E-state index contributed by atoms with van der Waals surface area (Å²) < 4.78 is 10.0. The average molecular weight is 565 g/mol. The molecule has 2 aromatic rings. The maximum absolute atomic E-state index is 11.7. The molecule has 0 spiro atoms. The Labute approximate surface area is 232 Å². The molecular weight excluding hydrogens is 528 g/mol. The lowest BCUT2D eigenvalue weighted by molar-refractivity contribution is -0.0206. The normalized spacial score (nSPS) is 11.4. The molecule has 0 atom stereocenters. The van der Waals surface area contributed by atoms with Gasteiger partial charge in [0.1, 0.15) is 11.2 Å². The number of hydrogen-bond donors (Lipinski definition) is 3. The highest BCUT2D eigenvalue weighted by Crippen LogP contribution is 2.15. The van der Waals surface area contributed by atoms with E-state index in [4.69, 9.17) is 30.3 Å². The molecule has 2 rings (SSSR count). The number of oxime groups is 1. The fourth-order valence-corrected chi connectivity index (χ4v) is 3.44. The van der Waals surface area contributed by atoms with Crippen molar-refractivity contribution in [1.82, 2.24) is 5.48 Å². The summed E-state index contributed by atoms with van der Waals surface area (Å²) in [4.78, 5) is 32.8. The van der Waals surface area contributed by atoms with Crippen LogP contribution < -0.4 is 11.2 Å². The molecule has 0 amide bonds. The van der Waals surface area contributed by atoms with E-state index in [2.05, 4.69) is 10.6 Å². The van der Waals surface area contributed by atoms with Crippen LogP contribution in [-0.2, 0) is 30.7 Å². The van der Waals surface area contributed by atoms with E-state index >= 15 is 0 Å². The largest absolute Gasteiger partial charge is 0.535 e. The maximum atomic E-state index is 11.7. The van der Waals surface area contributed by atoms with Crippen molar-refractivity contribution in [3.63, 3.8) is 0 Å². The highest BCUT2D eigenvalue weighted by atomic mass is 32.2. The molecule has 0 saturated heterocycles. The molecule has 0 aliphatic rings. The van der Waals surface area contributed by atoms with Crippen LogP contribution in [0.25, 0.3) is 0 Å². The van der Waals surface area contributed by atoms with Crippen molar-refractivity contribution in [2.75, 3.05) is 0 Å². The fourth-order valence-electron chi connectivity index (χ4n) is 2.24. The number of ether oxygens (including phenoxy) is 2. The summed E-state index contributed by atoms with van der Waals surface area (Å²) in [5.41, 5.74) is 8.30. The van der Waals surface area contributed by atoms with Crippen LogP contribution in [0, 0.1) is 5.41 Å². The third-order valence-electron chi connectivity index (χ3n) is 3.66. The van der Waals surface area contributed by atoms with Gasteiger partial charge in [-0.2, -0.15) is 5.48 Å². The van der Waals surface area contributed by atoms with Crippen molar-refractivity contribution in [3.8, 4) is 0 Å². The van der Waals surface area contributed by atoms with Gasteiger partial charge in [-0.05, 0) is 57.8 Å². The zero-order chi connectivity index (χ0) is 28.6. The predicted octanol–water partition coefficient (Wildman–Crippen LogP) is 6.41. The van der Waals surface area contributed by atoms with E-state index in [0.29, 0.717) is 5.75 Å². The molecule has 0 unspecified atom stereocenters. The zero-order valence-electron chi connectivity index (χ0n) is 22.5. The highest BCUT2D eigenvalue weighted by Gasteiger charge is 2.20. The van der Waals surface area contributed by atoms with Gasteiger partial charge in [-0.25, -0.2) is 9.59 Å². The summed E-state index contributed by atoms with van der Waals surface area (Å²) in [6.45, 7) is 10.2. The van der Waals surface area contributed by atoms with Crippen LogP contribution in [0.2, 0.25) is 0 Å². The number of thioether (sulfide) groups is 2. The van der Waals surface area contributed by atoms with Crippen LogP contribution in [0.4, 0.5) is 9.59 Å². The number of rotatable bonds is 5. The number of nitrogens with one attached hydrogen (secondary N) is 2. The Hall–Kier alpha value is -3.38. The van der Waals surface area contributed by atoms with Gasteiger partial charge in [-0.15, -0.1) is 0 Å². The monoisotopic (exact) mass is 564 g/mol. The Morgan fingerprint density at radius 3 is 1.71 bits per heavy atom. The summed E-state index contributed by atoms with van der Waals surface area (Å²) in [7, 11) is 0. The first kappa shape index (κ1) is 32.6. The molecule has 0 aromatic heterocycles. The Morgan fingerprint density at radius 1 is 0.816 bits per heavy atom. The molecule has 2 aromatic carbocycles. The SMILES string of the molecule is CC(C)(C)OC(=O)O/N=C(\NOC(=O)OC(C)(C)C)SCc1ccccc1.N=C(N)SCc1ccccc1. The van der Waals surface area contributed by atoms with Gasteiger partial charge in [0.25, 0.3) is 0 Å². The number of amidine groups is 2. The number of nitrogens with two attached hydrogens (primary N) is 1. The molecule has 0 saturated carbocycles. The van der Waals surface area contributed by atoms with Crippen molar-refractivity contribution in [3.05, 3.63) is 71.8 Å². The number of carbonyl (C=O) groups is 2. The van der Waals surface area contributed by atoms with E-state index < -0.39 is 23.5 Å². The third-order valence-corrected chi connectivity index (χ3v) is 5.36. The topological polar surface area (TPSA) is 145 Å². The van der Waals surface area contributed by atoms with E-state index in [1.54, 1.807) is 41.5 Å². The summed E-state index contributed by atoms with van der Waals surface area (Å²) in [5.74, 6) is 1.29. The Kier molecular flexibility index (Phi) is 14.1. The van der Waals surface area contributed by atoms with E-state index in [1.165, 1.54) is 29.1 Å². The molecule has 0 aliphatic carbocycles. The second-order valence-corrected chi connectivity index (χ2v) is 11.5. The summed E-state index contributed by atoms with van der Waals surface area (Å²) in [6.07, 6.45) is -1.91. The molecule has 0 aliphatic heterocycles. The second-order valence-electron chi connectivity index (χ2n) is 9.53. The number of carbonyl (C=O) groups excluding carboxylic acids is 2. The van der Waals surface area contributed by atoms with Crippen LogP contribution in [0.5, 0.6) is 0 Å². The van der Waals surface area contributed by atoms with Crippen molar-refractivity contribution < 1.29 is 28.7 Å².